The van der Waals surface area contributed by atoms with Crippen LogP contribution in [0.15, 0.2) is 18.2 Å². The molecule has 0 spiro atoms. The first-order chi connectivity index (χ1) is 9.12. The zero-order valence-electron chi connectivity index (χ0n) is 11.4. The predicted octanol–water partition coefficient (Wildman–Crippen LogP) is 3.37. The van der Waals surface area contributed by atoms with Crippen molar-refractivity contribution in [3.63, 3.8) is 0 Å². The number of aromatic nitrogens is 1. The molecule has 2 rings (SSSR count). The third kappa shape index (κ3) is 2.43. The highest BCUT2D eigenvalue weighted by molar-refractivity contribution is 6.36. The number of amides is 1. The van der Waals surface area contributed by atoms with E-state index >= 15 is 0 Å². The molecule has 0 saturated heterocycles. The number of carbonyl (C=O) groups is 1. The molecule has 1 heterocycles. The fourth-order valence-corrected chi connectivity index (χ4v) is 2.65. The third-order valence-corrected chi connectivity index (χ3v) is 3.71. The maximum absolute atomic E-state index is 11.6. The van der Waals surface area contributed by atoms with Crippen LogP contribution < -0.4 is 5.32 Å². The molecule has 0 bridgehead atoms. The van der Waals surface area contributed by atoms with Crippen molar-refractivity contribution in [2.75, 3.05) is 7.05 Å². The average Bonchev–Trinajstić information content (AvgIpc) is 2.45. The van der Waals surface area contributed by atoms with E-state index in [0.717, 1.165) is 40.0 Å². The summed E-state index contributed by atoms with van der Waals surface area (Å²) in [5, 5.41) is 4.28. The first-order valence-electron chi connectivity index (χ1n) is 6.45. The Morgan fingerprint density at radius 2 is 2.05 bits per heavy atom. The van der Waals surface area contributed by atoms with Gasteiger partial charge in [0.2, 0.25) is 0 Å². The Hall–Kier alpha value is -1.61. The van der Waals surface area contributed by atoms with E-state index in [4.69, 9.17) is 11.6 Å². The summed E-state index contributed by atoms with van der Waals surface area (Å²) >= 11 is 6.45. The van der Waals surface area contributed by atoms with Gasteiger partial charge >= 0.3 is 0 Å². The summed E-state index contributed by atoms with van der Waals surface area (Å²) in [5.74, 6) is -0.113. The summed E-state index contributed by atoms with van der Waals surface area (Å²) in [6, 6.07) is 5.44. The Morgan fingerprint density at radius 1 is 1.32 bits per heavy atom. The van der Waals surface area contributed by atoms with Crippen molar-refractivity contribution in [1.29, 1.82) is 0 Å². The molecule has 1 aromatic carbocycles. The van der Waals surface area contributed by atoms with E-state index in [-0.39, 0.29) is 5.91 Å². The van der Waals surface area contributed by atoms with Crippen LogP contribution >= 0.6 is 11.6 Å². The summed E-state index contributed by atoms with van der Waals surface area (Å²) in [7, 11) is 1.62. The topological polar surface area (TPSA) is 42.0 Å². The number of rotatable bonds is 3. The largest absolute Gasteiger partial charge is 0.355 e. The Bertz CT molecular complexity index is 638. The number of aryl methyl sites for hydroxylation is 1. The number of nitrogens with one attached hydrogen (secondary N) is 1. The third-order valence-electron chi connectivity index (χ3n) is 3.28. The van der Waals surface area contributed by atoms with E-state index in [2.05, 4.69) is 24.1 Å². The number of hydrogen-bond donors (Lipinski definition) is 1. The van der Waals surface area contributed by atoms with Gasteiger partial charge in [0, 0.05) is 23.7 Å². The molecular formula is C15H17ClN2O. The van der Waals surface area contributed by atoms with Gasteiger partial charge in [0.1, 0.15) is 0 Å². The quantitative estimate of drug-likeness (QED) is 0.934. The minimum Gasteiger partial charge on any atom is -0.355 e. The van der Waals surface area contributed by atoms with Gasteiger partial charge in [0.05, 0.1) is 10.5 Å². The van der Waals surface area contributed by atoms with E-state index in [1.165, 1.54) is 0 Å². The van der Waals surface area contributed by atoms with Crippen LogP contribution in [0.5, 0.6) is 0 Å². The highest BCUT2D eigenvalue weighted by Crippen LogP contribution is 2.29. The van der Waals surface area contributed by atoms with Crippen molar-refractivity contribution in [3.8, 4) is 0 Å². The summed E-state index contributed by atoms with van der Waals surface area (Å²) in [5.41, 5.74) is 3.49. The molecule has 19 heavy (non-hydrogen) atoms. The molecule has 0 unspecified atom stereocenters. The Labute approximate surface area is 118 Å². The number of nitrogens with zero attached hydrogens (tertiary/aromatic N) is 1. The molecule has 3 nitrogen and oxygen atoms in total. The number of benzene rings is 1. The van der Waals surface area contributed by atoms with Gasteiger partial charge in [-0.25, -0.2) is 0 Å². The van der Waals surface area contributed by atoms with Crippen LogP contribution in [0.3, 0.4) is 0 Å². The molecule has 0 aliphatic rings. The Balaban J connectivity index is 2.70. The Morgan fingerprint density at radius 3 is 2.63 bits per heavy atom. The van der Waals surface area contributed by atoms with Crippen molar-refractivity contribution in [2.45, 2.75) is 26.7 Å². The van der Waals surface area contributed by atoms with Crippen molar-refractivity contribution < 1.29 is 4.79 Å². The summed E-state index contributed by atoms with van der Waals surface area (Å²) in [6.45, 7) is 4.14. The van der Waals surface area contributed by atoms with Gasteiger partial charge in [-0.2, -0.15) is 0 Å². The monoisotopic (exact) mass is 276 g/mol. The molecule has 1 aromatic heterocycles. The van der Waals surface area contributed by atoms with E-state index in [9.17, 15) is 4.79 Å². The Kier molecular flexibility index (Phi) is 4.05. The molecule has 0 aliphatic heterocycles. The minimum absolute atomic E-state index is 0.113. The van der Waals surface area contributed by atoms with E-state index in [1.807, 2.05) is 6.07 Å². The number of pyridine rings is 1. The van der Waals surface area contributed by atoms with Crippen LogP contribution in [0.4, 0.5) is 0 Å². The predicted molar refractivity (Wildman–Crippen MR) is 78.9 cm³/mol. The van der Waals surface area contributed by atoms with Crippen LogP contribution in [0, 0.1) is 0 Å². The molecule has 0 aliphatic carbocycles. The van der Waals surface area contributed by atoms with Crippen LogP contribution in [-0.4, -0.2) is 17.9 Å². The lowest BCUT2D eigenvalue weighted by Crippen LogP contribution is -2.17. The normalized spacial score (nSPS) is 10.7. The maximum atomic E-state index is 11.6. The van der Waals surface area contributed by atoms with Crippen LogP contribution in [0.25, 0.3) is 10.9 Å². The van der Waals surface area contributed by atoms with Gasteiger partial charge in [-0.1, -0.05) is 31.5 Å². The van der Waals surface area contributed by atoms with Crippen molar-refractivity contribution in [3.05, 3.63) is 40.0 Å². The van der Waals surface area contributed by atoms with Crippen molar-refractivity contribution in [1.82, 2.24) is 10.3 Å². The molecule has 0 radical (unpaired) electrons. The second-order valence-electron chi connectivity index (χ2n) is 4.37. The smallest absolute Gasteiger partial charge is 0.251 e. The highest BCUT2D eigenvalue weighted by atomic mass is 35.5. The molecule has 1 amide bonds. The second-order valence-corrected chi connectivity index (χ2v) is 4.75. The molecule has 1 N–H and O–H groups in total. The van der Waals surface area contributed by atoms with Gasteiger partial charge < -0.3 is 5.32 Å². The van der Waals surface area contributed by atoms with E-state index in [0.29, 0.717) is 5.56 Å². The molecule has 0 saturated carbocycles. The SMILES string of the molecule is CCc1nc2cc(C(=O)NC)ccc2c(Cl)c1CC. The van der Waals surface area contributed by atoms with Gasteiger partial charge in [0.25, 0.3) is 5.91 Å². The zero-order chi connectivity index (χ0) is 14.0. The first kappa shape index (κ1) is 13.8. The van der Waals surface area contributed by atoms with Gasteiger partial charge in [0.15, 0.2) is 0 Å². The maximum Gasteiger partial charge on any atom is 0.251 e. The van der Waals surface area contributed by atoms with Gasteiger partial charge in [-0.3, -0.25) is 9.78 Å². The van der Waals surface area contributed by atoms with E-state index < -0.39 is 0 Å². The van der Waals surface area contributed by atoms with E-state index in [1.54, 1.807) is 19.2 Å². The number of halogens is 1. The summed E-state index contributed by atoms with van der Waals surface area (Å²) in [4.78, 5) is 16.3. The molecule has 4 heteroatoms. The number of hydrogen-bond acceptors (Lipinski definition) is 2. The highest BCUT2D eigenvalue weighted by Gasteiger charge is 2.13. The van der Waals surface area contributed by atoms with Crippen LogP contribution in [0.2, 0.25) is 5.02 Å². The lowest BCUT2D eigenvalue weighted by Gasteiger charge is -2.11. The van der Waals surface area contributed by atoms with Gasteiger partial charge in [-0.15, -0.1) is 0 Å². The first-order valence-corrected chi connectivity index (χ1v) is 6.83. The number of fused-ring (bicyclic) bond motifs is 1. The lowest BCUT2D eigenvalue weighted by molar-refractivity contribution is 0.0963. The molecule has 2 aromatic rings. The van der Waals surface area contributed by atoms with Crippen molar-refractivity contribution >= 4 is 28.4 Å². The lowest BCUT2D eigenvalue weighted by atomic mass is 10.0. The molecule has 100 valence electrons. The van der Waals surface area contributed by atoms with Crippen LogP contribution in [0.1, 0.15) is 35.5 Å². The summed E-state index contributed by atoms with van der Waals surface area (Å²) in [6.07, 6.45) is 1.70. The zero-order valence-corrected chi connectivity index (χ0v) is 12.1. The standard InChI is InChI=1S/C15H17ClN2O/c1-4-10-12(5-2)18-13-8-9(15(19)17-3)6-7-11(13)14(10)16/h6-8H,4-5H2,1-3H3,(H,17,19). The fourth-order valence-electron chi connectivity index (χ4n) is 2.25. The van der Waals surface area contributed by atoms with Gasteiger partial charge in [-0.05, 0) is 30.5 Å². The summed E-state index contributed by atoms with van der Waals surface area (Å²) < 4.78 is 0. The van der Waals surface area contributed by atoms with Crippen LogP contribution in [-0.2, 0) is 12.8 Å². The average molecular weight is 277 g/mol. The number of carbonyl (C=O) groups excluding carboxylic acids is 1. The molecule has 0 fully saturated rings. The second kappa shape index (κ2) is 5.57. The molecular weight excluding hydrogens is 260 g/mol. The van der Waals surface area contributed by atoms with Crippen molar-refractivity contribution in [2.24, 2.45) is 0 Å². The minimum atomic E-state index is -0.113. The molecule has 0 atom stereocenters. The fraction of sp³-hybridized carbons (Fsp3) is 0.333.